The van der Waals surface area contributed by atoms with E-state index in [2.05, 4.69) is 18.8 Å². The molecule has 1 aromatic rings. The van der Waals surface area contributed by atoms with Gasteiger partial charge in [-0.15, -0.1) is 11.3 Å². The van der Waals surface area contributed by atoms with Crippen molar-refractivity contribution in [2.24, 2.45) is 17.8 Å². The van der Waals surface area contributed by atoms with E-state index in [1.54, 1.807) is 4.90 Å². The number of carbonyl (C=O) groups excluding carboxylic acids is 1. The van der Waals surface area contributed by atoms with Gasteiger partial charge in [-0.2, -0.15) is 0 Å². The van der Waals surface area contributed by atoms with Gasteiger partial charge in [0.05, 0.1) is 16.7 Å². The zero-order valence-electron chi connectivity index (χ0n) is 19.0. The van der Waals surface area contributed by atoms with Crippen LogP contribution in [0.2, 0.25) is 0 Å². The summed E-state index contributed by atoms with van der Waals surface area (Å²) in [7, 11) is 0. The molecular weight excluding hydrogens is 422 g/mol. The second kappa shape index (κ2) is 10.4. The Bertz CT molecular complexity index is 875. The predicted octanol–water partition coefficient (Wildman–Crippen LogP) is 5.45. The molecule has 0 unspecified atom stereocenters. The smallest absolute Gasteiger partial charge is 0.348 e. The van der Waals surface area contributed by atoms with Crippen molar-refractivity contribution in [3.05, 3.63) is 15.8 Å². The molecule has 174 valence electrons. The lowest BCUT2D eigenvalue weighted by atomic mass is 9.81. The van der Waals surface area contributed by atoms with Gasteiger partial charge in [0, 0.05) is 17.9 Å². The Balaban J connectivity index is 1.66. The maximum Gasteiger partial charge on any atom is 0.348 e. The van der Waals surface area contributed by atoms with Gasteiger partial charge in [-0.25, -0.2) is 4.79 Å². The molecule has 0 saturated heterocycles. The highest BCUT2D eigenvalue weighted by Gasteiger charge is 2.37. The summed E-state index contributed by atoms with van der Waals surface area (Å²) in [6.45, 7) is 2.23. The first-order valence-corrected chi connectivity index (χ1v) is 13.1. The van der Waals surface area contributed by atoms with Crippen LogP contribution in [0.25, 0.3) is 0 Å². The van der Waals surface area contributed by atoms with E-state index in [4.69, 9.17) is 0 Å². The van der Waals surface area contributed by atoms with E-state index in [-0.39, 0.29) is 28.8 Å². The molecule has 0 aliphatic heterocycles. The number of rotatable bonds is 4. The van der Waals surface area contributed by atoms with Gasteiger partial charge in [0.2, 0.25) is 5.91 Å². The number of aliphatic hydroxyl groups is 1. The van der Waals surface area contributed by atoms with Gasteiger partial charge in [-0.1, -0.05) is 31.6 Å². The molecule has 0 aromatic carbocycles. The van der Waals surface area contributed by atoms with Crippen LogP contribution in [0.5, 0.6) is 0 Å². The Labute approximate surface area is 195 Å². The van der Waals surface area contributed by atoms with Crippen LogP contribution in [0.4, 0.5) is 5.69 Å². The van der Waals surface area contributed by atoms with Crippen molar-refractivity contribution >= 4 is 28.9 Å². The van der Waals surface area contributed by atoms with Crippen LogP contribution in [0.1, 0.15) is 98.5 Å². The van der Waals surface area contributed by atoms with Crippen molar-refractivity contribution in [2.45, 2.75) is 96.1 Å². The summed E-state index contributed by atoms with van der Waals surface area (Å²) < 4.78 is 0. The van der Waals surface area contributed by atoms with Crippen molar-refractivity contribution < 1.29 is 19.8 Å². The Morgan fingerprint density at radius 3 is 2.28 bits per heavy atom. The number of carbonyl (C=O) groups is 2. The SMILES string of the molecule is CC1CCC(C(=O)N(c2cc(C#CC3CCCC3)sc2C(=O)O)C2CCC(O)CC2)CC1. The Morgan fingerprint density at radius 1 is 1.00 bits per heavy atom. The van der Waals surface area contributed by atoms with E-state index in [0.29, 0.717) is 43.2 Å². The summed E-state index contributed by atoms with van der Waals surface area (Å²) in [6, 6.07) is 1.78. The van der Waals surface area contributed by atoms with E-state index in [9.17, 15) is 19.8 Å². The van der Waals surface area contributed by atoms with Gasteiger partial charge in [-0.3, -0.25) is 4.79 Å². The Kier molecular flexibility index (Phi) is 7.58. The van der Waals surface area contributed by atoms with E-state index < -0.39 is 5.97 Å². The van der Waals surface area contributed by atoms with Gasteiger partial charge in [0.1, 0.15) is 4.88 Å². The molecule has 1 amide bonds. The van der Waals surface area contributed by atoms with Crippen LogP contribution in [-0.2, 0) is 4.79 Å². The lowest BCUT2D eigenvalue weighted by molar-refractivity contribution is -0.124. The standard InChI is InChI=1S/C26H35NO4S/c1-17-6-9-19(10-7-17)25(29)27(20-11-13-21(28)14-12-20)23-16-22(32-24(23)26(30)31)15-8-18-4-2-3-5-18/h16-21,28H,2-7,9-14H2,1H3,(H,30,31). The molecule has 4 rings (SSSR count). The highest BCUT2D eigenvalue weighted by molar-refractivity contribution is 7.15. The third-order valence-corrected chi connectivity index (χ3v) is 8.58. The minimum absolute atomic E-state index is 0.0485. The molecule has 6 heteroatoms. The van der Waals surface area contributed by atoms with E-state index in [1.807, 2.05) is 6.07 Å². The van der Waals surface area contributed by atoms with E-state index >= 15 is 0 Å². The van der Waals surface area contributed by atoms with Gasteiger partial charge >= 0.3 is 5.97 Å². The van der Waals surface area contributed by atoms with Gasteiger partial charge < -0.3 is 15.1 Å². The summed E-state index contributed by atoms with van der Waals surface area (Å²) in [6.07, 6.45) is 10.9. The number of nitrogens with zero attached hydrogens (tertiary/aromatic N) is 1. The summed E-state index contributed by atoms with van der Waals surface area (Å²) in [4.78, 5) is 28.7. The zero-order chi connectivity index (χ0) is 22.7. The van der Waals surface area contributed by atoms with Crippen LogP contribution in [-0.4, -0.2) is 34.2 Å². The zero-order valence-corrected chi connectivity index (χ0v) is 19.8. The molecule has 32 heavy (non-hydrogen) atoms. The summed E-state index contributed by atoms with van der Waals surface area (Å²) >= 11 is 1.19. The van der Waals surface area contributed by atoms with Crippen molar-refractivity contribution in [2.75, 3.05) is 4.90 Å². The molecule has 1 heterocycles. The molecule has 1 aromatic heterocycles. The second-order valence-electron chi connectivity index (χ2n) is 10.0. The molecule has 3 aliphatic rings. The Hall–Kier alpha value is -1.84. The van der Waals surface area contributed by atoms with Crippen LogP contribution in [0.15, 0.2) is 6.07 Å². The number of carboxylic acids is 1. The summed E-state index contributed by atoms with van der Waals surface area (Å²) in [5.74, 6) is 6.61. The third kappa shape index (κ3) is 5.38. The fourth-order valence-corrected chi connectivity index (χ4v) is 6.38. The lowest BCUT2D eigenvalue weighted by Gasteiger charge is -2.38. The van der Waals surface area contributed by atoms with Crippen LogP contribution >= 0.6 is 11.3 Å². The van der Waals surface area contributed by atoms with Gasteiger partial charge in [-0.05, 0) is 76.2 Å². The average Bonchev–Trinajstić information content (AvgIpc) is 3.44. The van der Waals surface area contributed by atoms with E-state index in [1.165, 1.54) is 24.2 Å². The quantitative estimate of drug-likeness (QED) is 0.589. The monoisotopic (exact) mass is 457 g/mol. The van der Waals surface area contributed by atoms with Crippen LogP contribution < -0.4 is 4.90 Å². The maximum atomic E-state index is 13.8. The number of thiophene rings is 1. The first-order chi connectivity index (χ1) is 15.4. The highest BCUT2D eigenvalue weighted by Crippen LogP contribution is 2.39. The normalized spacial score (nSPS) is 28.7. The average molecular weight is 458 g/mol. The predicted molar refractivity (Wildman–Crippen MR) is 127 cm³/mol. The van der Waals surface area contributed by atoms with Gasteiger partial charge in [0.15, 0.2) is 0 Å². The fourth-order valence-electron chi connectivity index (χ4n) is 5.53. The largest absolute Gasteiger partial charge is 0.477 e. The Morgan fingerprint density at radius 2 is 1.66 bits per heavy atom. The summed E-state index contributed by atoms with van der Waals surface area (Å²) in [5, 5.41) is 20.0. The summed E-state index contributed by atoms with van der Waals surface area (Å²) in [5.41, 5.74) is 0.517. The number of aliphatic hydroxyl groups excluding tert-OH is 1. The number of anilines is 1. The molecule has 0 spiro atoms. The minimum Gasteiger partial charge on any atom is -0.477 e. The van der Waals surface area contributed by atoms with Crippen molar-refractivity contribution in [1.82, 2.24) is 0 Å². The number of aromatic carboxylic acids is 1. The third-order valence-electron chi connectivity index (χ3n) is 7.55. The number of amides is 1. The molecule has 2 N–H and O–H groups in total. The highest BCUT2D eigenvalue weighted by atomic mass is 32.1. The van der Waals surface area contributed by atoms with Crippen molar-refractivity contribution in [1.29, 1.82) is 0 Å². The molecular formula is C26H35NO4S. The fraction of sp³-hybridized carbons (Fsp3) is 0.692. The number of carboxylic acid groups (broad SMARTS) is 1. The van der Waals surface area contributed by atoms with Crippen LogP contribution in [0.3, 0.4) is 0 Å². The molecule has 3 fully saturated rings. The number of hydrogen-bond acceptors (Lipinski definition) is 4. The number of hydrogen-bond donors (Lipinski definition) is 2. The second-order valence-corrected chi connectivity index (χ2v) is 11.1. The van der Waals surface area contributed by atoms with Crippen LogP contribution in [0, 0.1) is 29.6 Å². The van der Waals surface area contributed by atoms with Crippen molar-refractivity contribution in [3.8, 4) is 11.8 Å². The molecule has 3 aliphatic carbocycles. The van der Waals surface area contributed by atoms with Gasteiger partial charge in [0.25, 0.3) is 0 Å². The molecule has 0 bridgehead atoms. The minimum atomic E-state index is -0.996. The molecule has 0 radical (unpaired) electrons. The maximum absolute atomic E-state index is 13.8. The molecule has 5 nitrogen and oxygen atoms in total. The van der Waals surface area contributed by atoms with E-state index in [0.717, 1.165) is 43.4 Å². The van der Waals surface area contributed by atoms with Crippen molar-refractivity contribution in [3.63, 3.8) is 0 Å². The topological polar surface area (TPSA) is 77.8 Å². The first-order valence-electron chi connectivity index (χ1n) is 12.3. The molecule has 0 atom stereocenters. The lowest BCUT2D eigenvalue weighted by Crippen LogP contribution is -2.47. The molecule has 3 saturated carbocycles. The first kappa shape index (κ1) is 23.3.